The molecule has 26 heavy (non-hydrogen) atoms. The number of benzene rings is 2. The minimum absolute atomic E-state index is 0.185. The summed E-state index contributed by atoms with van der Waals surface area (Å²) in [5, 5.41) is 0. The second-order valence-corrected chi connectivity index (χ2v) is 7.87. The molecule has 1 unspecified atom stereocenters. The van der Waals surface area contributed by atoms with Crippen LogP contribution < -0.4 is 0 Å². The van der Waals surface area contributed by atoms with Gasteiger partial charge in [0.05, 0.1) is 0 Å². The van der Waals surface area contributed by atoms with Gasteiger partial charge in [-0.15, -0.1) is 0 Å². The summed E-state index contributed by atoms with van der Waals surface area (Å²) in [7, 11) is 0. The Balaban J connectivity index is 1.56. The lowest BCUT2D eigenvalue weighted by Crippen LogP contribution is -2.56. The van der Waals surface area contributed by atoms with E-state index >= 15 is 0 Å². The van der Waals surface area contributed by atoms with Crippen molar-refractivity contribution >= 4 is 5.91 Å². The van der Waals surface area contributed by atoms with Crippen LogP contribution in [0.15, 0.2) is 48.5 Å². The molecular formula is C23H28N2O. The van der Waals surface area contributed by atoms with E-state index in [4.69, 9.17) is 0 Å². The van der Waals surface area contributed by atoms with Crippen molar-refractivity contribution < 1.29 is 4.79 Å². The third-order valence-corrected chi connectivity index (χ3v) is 5.91. The molecule has 0 N–H and O–H groups in total. The monoisotopic (exact) mass is 348 g/mol. The van der Waals surface area contributed by atoms with Crippen LogP contribution in [0.1, 0.15) is 39.9 Å². The van der Waals surface area contributed by atoms with Gasteiger partial charge in [0, 0.05) is 37.3 Å². The van der Waals surface area contributed by atoms with Crippen LogP contribution in [-0.4, -0.2) is 47.4 Å². The van der Waals surface area contributed by atoms with Crippen molar-refractivity contribution in [2.75, 3.05) is 19.6 Å². The first-order chi connectivity index (χ1) is 12.6. The third-order valence-electron chi connectivity index (χ3n) is 5.91. The van der Waals surface area contributed by atoms with Crippen LogP contribution >= 0.6 is 0 Å². The molecule has 1 saturated carbocycles. The molecule has 4 rings (SSSR count). The number of carbonyl (C=O) groups is 1. The van der Waals surface area contributed by atoms with Crippen molar-refractivity contribution in [3.63, 3.8) is 0 Å². The molecule has 1 amide bonds. The van der Waals surface area contributed by atoms with Crippen LogP contribution in [0.3, 0.4) is 0 Å². The molecule has 0 bridgehead atoms. The maximum Gasteiger partial charge on any atom is 0.254 e. The fraction of sp³-hybridized carbons (Fsp3) is 0.435. The van der Waals surface area contributed by atoms with E-state index in [0.717, 1.165) is 37.7 Å². The van der Waals surface area contributed by atoms with Gasteiger partial charge in [-0.3, -0.25) is 9.69 Å². The molecule has 3 nitrogen and oxygen atoms in total. The lowest BCUT2D eigenvalue weighted by Gasteiger charge is -2.42. The summed E-state index contributed by atoms with van der Waals surface area (Å²) in [5.41, 5.74) is 4.56. The Bertz CT molecular complexity index is 782. The highest BCUT2D eigenvalue weighted by Gasteiger charge is 2.37. The maximum absolute atomic E-state index is 13.3. The van der Waals surface area contributed by atoms with Gasteiger partial charge < -0.3 is 4.90 Å². The van der Waals surface area contributed by atoms with Crippen molar-refractivity contribution in [1.82, 2.24) is 9.80 Å². The zero-order chi connectivity index (χ0) is 18.1. The van der Waals surface area contributed by atoms with Crippen LogP contribution in [0.2, 0.25) is 0 Å². The predicted octanol–water partition coefficient (Wildman–Crippen LogP) is 3.83. The molecule has 136 valence electrons. The summed E-state index contributed by atoms with van der Waals surface area (Å²) in [6, 6.07) is 17.7. The first-order valence-electron chi connectivity index (χ1n) is 9.78. The molecule has 1 heterocycles. The van der Waals surface area contributed by atoms with E-state index in [1.807, 2.05) is 12.1 Å². The van der Waals surface area contributed by atoms with Gasteiger partial charge in [0.15, 0.2) is 0 Å². The van der Waals surface area contributed by atoms with E-state index in [-0.39, 0.29) is 11.9 Å². The Morgan fingerprint density at radius 1 is 1.00 bits per heavy atom. The van der Waals surface area contributed by atoms with Gasteiger partial charge in [-0.1, -0.05) is 36.4 Å². The molecule has 3 heteroatoms. The van der Waals surface area contributed by atoms with Gasteiger partial charge in [-0.25, -0.2) is 0 Å². The summed E-state index contributed by atoms with van der Waals surface area (Å²) < 4.78 is 0. The number of carbonyl (C=O) groups excluding carboxylic acids is 1. The Morgan fingerprint density at radius 2 is 1.77 bits per heavy atom. The summed E-state index contributed by atoms with van der Waals surface area (Å²) >= 11 is 0. The first-order valence-corrected chi connectivity index (χ1v) is 9.78. The van der Waals surface area contributed by atoms with Crippen LogP contribution in [0.5, 0.6) is 0 Å². The molecule has 2 fully saturated rings. The fourth-order valence-electron chi connectivity index (χ4n) is 4.02. The van der Waals surface area contributed by atoms with Crippen molar-refractivity contribution in [3.05, 3.63) is 70.8 Å². The predicted molar refractivity (Wildman–Crippen MR) is 105 cm³/mol. The molecule has 0 spiro atoms. The first kappa shape index (κ1) is 17.3. The third kappa shape index (κ3) is 3.68. The number of amides is 1. The summed E-state index contributed by atoms with van der Waals surface area (Å²) in [6.45, 7) is 7.01. The number of hydrogen-bond donors (Lipinski definition) is 0. The molecule has 2 aromatic carbocycles. The highest BCUT2D eigenvalue weighted by molar-refractivity contribution is 5.94. The zero-order valence-electron chi connectivity index (χ0n) is 15.8. The number of rotatable bonds is 4. The van der Waals surface area contributed by atoms with Gasteiger partial charge in [0.1, 0.15) is 0 Å². The average molecular weight is 348 g/mol. The van der Waals surface area contributed by atoms with Gasteiger partial charge in [-0.05, 0) is 61.9 Å². The fourth-order valence-corrected chi connectivity index (χ4v) is 4.02. The molecule has 2 aromatic rings. The smallest absolute Gasteiger partial charge is 0.254 e. The molecule has 1 aliphatic carbocycles. The van der Waals surface area contributed by atoms with Gasteiger partial charge >= 0.3 is 0 Å². The second-order valence-electron chi connectivity index (χ2n) is 7.87. The summed E-state index contributed by atoms with van der Waals surface area (Å²) in [4.78, 5) is 18.0. The molecular weight excluding hydrogens is 320 g/mol. The normalized spacial score (nSPS) is 21.0. The van der Waals surface area contributed by atoms with E-state index < -0.39 is 0 Å². The Labute approximate surface area is 156 Å². The standard InChI is InChI=1S/C23H28N2O/c1-17-8-9-20(14-18(17)2)23(26)25-13-12-24(21-10-11-21)16-22(25)15-19-6-4-3-5-7-19/h3-9,14,21-22H,10-13,15-16H2,1-2H3. The summed E-state index contributed by atoms with van der Waals surface area (Å²) in [6.07, 6.45) is 3.58. The number of aryl methyl sites for hydroxylation is 2. The van der Waals surface area contributed by atoms with Gasteiger partial charge in [0.2, 0.25) is 0 Å². The maximum atomic E-state index is 13.3. The van der Waals surface area contributed by atoms with Crippen LogP contribution in [0.4, 0.5) is 0 Å². The molecule has 0 aromatic heterocycles. The van der Waals surface area contributed by atoms with E-state index in [1.54, 1.807) is 0 Å². The van der Waals surface area contributed by atoms with Crippen LogP contribution in [0, 0.1) is 13.8 Å². The lowest BCUT2D eigenvalue weighted by atomic mass is 9.99. The van der Waals surface area contributed by atoms with Crippen LogP contribution in [-0.2, 0) is 6.42 Å². The van der Waals surface area contributed by atoms with E-state index in [2.05, 4.69) is 60.0 Å². The number of hydrogen-bond acceptors (Lipinski definition) is 2. The van der Waals surface area contributed by atoms with Gasteiger partial charge in [0.25, 0.3) is 5.91 Å². The Morgan fingerprint density at radius 3 is 2.46 bits per heavy atom. The van der Waals surface area contributed by atoms with E-state index in [1.165, 1.54) is 29.5 Å². The molecule has 1 saturated heterocycles. The molecule has 2 aliphatic rings. The SMILES string of the molecule is Cc1ccc(C(=O)N2CCN(C3CC3)CC2Cc2ccccc2)cc1C. The van der Waals surface area contributed by atoms with E-state index in [9.17, 15) is 4.79 Å². The largest absolute Gasteiger partial charge is 0.333 e. The molecule has 1 aliphatic heterocycles. The van der Waals surface area contributed by atoms with Crippen molar-refractivity contribution in [2.24, 2.45) is 0 Å². The summed E-state index contributed by atoms with van der Waals surface area (Å²) in [5.74, 6) is 0.185. The van der Waals surface area contributed by atoms with Crippen molar-refractivity contribution in [1.29, 1.82) is 0 Å². The van der Waals surface area contributed by atoms with Gasteiger partial charge in [-0.2, -0.15) is 0 Å². The van der Waals surface area contributed by atoms with Crippen molar-refractivity contribution in [2.45, 2.75) is 45.2 Å². The average Bonchev–Trinajstić information content (AvgIpc) is 3.49. The Kier molecular flexibility index (Phi) is 4.82. The molecule has 1 atom stereocenters. The minimum Gasteiger partial charge on any atom is -0.333 e. The highest BCUT2D eigenvalue weighted by Crippen LogP contribution is 2.30. The zero-order valence-corrected chi connectivity index (χ0v) is 15.8. The lowest BCUT2D eigenvalue weighted by molar-refractivity contribution is 0.0437. The van der Waals surface area contributed by atoms with Crippen molar-refractivity contribution in [3.8, 4) is 0 Å². The number of piperazine rings is 1. The highest BCUT2D eigenvalue weighted by atomic mass is 16.2. The number of nitrogens with zero attached hydrogens (tertiary/aromatic N) is 2. The van der Waals surface area contributed by atoms with Crippen LogP contribution in [0.25, 0.3) is 0 Å². The molecule has 0 radical (unpaired) electrons. The topological polar surface area (TPSA) is 23.6 Å². The van der Waals surface area contributed by atoms with E-state index in [0.29, 0.717) is 0 Å². The minimum atomic E-state index is 0.185. The Hall–Kier alpha value is -2.13. The second kappa shape index (κ2) is 7.24. The quantitative estimate of drug-likeness (QED) is 0.838.